The van der Waals surface area contributed by atoms with Gasteiger partial charge in [0.1, 0.15) is 0 Å². The minimum atomic E-state index is 0.834. The SMILES string of the molecule is C/C1=C/C(C)CCCCC1. The number of hydrogen-bond acceptors (Lipinski definition) is 0. The number of allylic oxidation sites excluding steroid dienone is 2. The van der Waals surface area contributed by atoms with Crippen LogP contribution in [0.5, 0.6) is 0 Å². The van der Waals surface area contributed by atoms with Gasteiger partial charge in [-0.05, 0) is 32.1 Å². The molecule has 0 bridgehead atoms. The zero-order valence-corrected chi connectivity index (χ0v) is 7.19. The molecule has 1 aliphatic carbocycles. The Morgan fingerprint density at radius 1 is 1.30 bits per heavy atom. The first kappa shape index (κ1) is 7.84. The van der Waals surface area contributed by atoms with Gasteiger partial charge in [-0.25, -0.2) is 0 Å². The van der Waals surface area contributed by atoms with Crippen LogP contribution in [0.2, 0.25) is 0 Å². The van der Waals surface area contributed by atoms with Gasteiger partial charge in [0.15, 0.2) is 0 Å². The molecule has 58 valence electrons. The summed E-state index contributed by atoms with van der Waals surface area (Å²) < 4.78 is 0. The summed E-state index contributed by atoms with van der Waals surface area (Å²) in [5.74, 6) is 0.834. The summed E-state index contributed by atoms with van der Waals surface area (Å²) >= 11 is 0. The van der Waals surface area contributed by atoms with E-state index in [1.165, 1.54) is 32.1 Å². The second kappa shape index (κ2) is 3.80. The van der Waals surface area contributed by atoms with E-state index in [2.05, 4.69) is 19.9 Å². The summed E-state index contributed by atoms with van der Waals surface area (Å²) in [5.41, 5.74) is 1.60. The second-order valence-corrected chi connectivity index (χ2v) is 3.59. The predicted octanol–water partition coefficient (Wildman–Crippen LogP) is 3.53. The Kier molecular flexibility index (Phi) is 2.98. The van der Waals surface area contributed by atoms with Crippen LogP contribution in [-0.2, 0) is 0 Å². The zero-order valence-electron chi connectivity index (χ0n) is 7.19. The van der Waals surface area contributed by atoms with E-state index >= 15 is 0 Å². The van der Waals surface area contributed by atoms with Crippen LogP contribution in [0.4, 0.5) is 0 Å². The highest BCUT2D eigenvalue weighted by molar-refractivity contribution is 5.00. The molecule has 10 heavy (non-hydrogen) atoms. The smallest absolute Gasteiger partial charge is 0.0259 e. The van der Waals surface area contributed by atoms with Gasteiger partial charge in [-0.3, -0.25) is 0 Å². The van der Waals surface area contributed by atoms with Crippen molar-refractivity contribution in [1.82, 2.24) is 0 Å². The maximum absolute atomic E-state index is 2.44. The van der Waals surface area contributed by atoms with Crippen LogP contribution in [0.15, 0.2) is 11.6 Å². The lowest BCUT2D eigenvalue weighted by molar-refractivity contribution is 0.543. The van der Waals surface area contributed by atoms with Gasteiger partial charge in [-0.1, -0.05) is 31.4 Å². The molecule has 0 fully saturated rings. The molecule has 1 atom stereocenters. The van der Waals surface area contributed by atoms with Gasteiger partial charge in [0.25, 0.3) is 0 Å². The van der Waals surface area contributed by atoms with Gasteiger partial charge in [-0.15, -0.1) is 0 Å². The molecule has 0 saturated carbocycles. The molecule has 0 nitrogen and oxygen atoms in total. The van der Waals surface area contributed by atoms with E-state index in [4.69, 9.17) is 0 Å². The Labute approximate surface area is 64.3 Å². The van der Waals surface area contributed by atoms with Gasteiger partial charge in [0.2, 0.25) is 0 Å². The third-order valence-corrected chi connectivity index (χ3v) is 2.30. The minimum Gasteiger partial charge on any atom is -0.0828 e. The Morgan fingerprint density at radius 3 is 2.90 bits per heavy atom. The molecule has 0 amide bonds. The first-order chi connectivity index (χ1) is 4.79. The summed E-state index contributed by atoms with van der Waals surface area (Å²) in [5, 5.41) is 0. The molecule has 0 radical (unpaired) electrons. The lowest BCUT2D eigenvalue weighted by atomic mass is 9.94. The average Bonchev–Trinajstić information content (AvgIpc) is 1.83. The lowest BCUT2D eigenvalue weighted by Gasteiger charge is -2.12. The Hall–Kier alpha value is -0.260. The summed E-state index contributed by atoms with van der Waals surface area (Å²) in [6.45, 7) is 4.59. The lowest BCUT2D eigenvalue weighted by Crippen LogP contribution is -1.95. The molecule has 0 N–H and O–H groups in total. The van der Waals surface area contributed by atoms with Crippen molar-refractivity contribution in [3.63, 3.8) is 0 Å². The maximum atomic E-state index is 2.44. The molecule has 0 aromatic rings. The molecule has 0 aliphatic heterocycles. The quantitative estimate of drug-likeness (QED) is 0.449. The molecule has 0 heteroatoms. The van der Waals surface area contributed by atoms with Gasteiger partial charge < -0.3 is 0 Å². The van der Waals surface area contributed by atoms with Gasteiger partial charge in [0.05, 0.1) is 0 Å². The fraction of sp³-hybridized carbons (Fsp3) is 0.800. The molecule has 0 spiro atoms. The van der Waals surface area contributed by atoms with Gasteiger partial charge in [-0.2, -0.15) is 0 Å². The zero-order chi connectivity index (χ0) is 7.40. The van der Waals surface area contributed by atoms with Crippen molar-refractivity contribution in [3.05, 3.63) is 11.6 Å². The molecule has 0 aromatic carbocycles. The van der Waals surface area contributed by atoms with Crippen molar-refractivity contribution in [2.24, 2.45) is 5.92 Å². The van der Waals surface area contributed by atoms with E-state index < -0.39 is 0 Å². The predicted molar refractivity (Wildman–Crippen MR) is 46.0 cm³/mol. The molecule has 0 aromatic heterocycles. The van der Waals surface area contributed by atoms with Crippen molar-refractivity contribution >= 4 is 0 Å². The molecular formula is C10H18. The van der Waals surface area contributed by atoms with Crippen molar-refractivity contribution in [3.8, 4) is 0 Å². The van der Waals surface area contributed by atoms with E-state index in [1.54, 1.807) is 5.57 Å². The van der Waals surface area contributed by atoms with Crippen LogP contribution in [0.1, 0.15) is 46.0 Å². The first-order valence-electron chi connectivity index (χ1n) is 4.46. The highest BCUT2D eigenvalue weighted by atomic mass is 14.1. The van der Waals surface area contributed by atoms with Crippen LogP contribution >= 0.6 is 0 Å². The third-order valence-electron chi connectivity index (χ3n) is 2.30. The topological polar surface area (TPSA) is 0 Å². The van der Waals surface area contributed by atoms with Crippen molar-refractivity contribution in [2.45, 2.75) is 46.0 Å². The standard InChI is InChI=1S/C10H18/c1-9-6-4-3-5-7-10(2)8-9/h8-9H,3-7H2,1-2H3/b10-8-. The van der Waals surface area contributed by atoms with Crippen molar-refractivity contribution in [2.75, 3.05) is 0 Å². The van der Waals surface area contributed by atoms with E-state index in [1.807, 2.05) is 0 Å². The third kappa shape index (κ3) is 2.55. The fourth-order valence-electron chi connectivity index (χ4n) is 1.70. The van der Waals surface area contributed by atoms with Crippen LogP contribution < -0.4 is 0 Å². The van der Waals surface area contributed by atoms with Crippen LogP contribution in [0.25, 0.3) is 0 Å². The summed E-state index contributed by atoms with van der Waals surface area (Å²) in [6.07, 6.45) is 9.47. The van der Waals surface area contributed by atoms with Crippen LogP contribution in [-0.4, -0.2) is 0 Å². The first-order valence-corrected chi connectivity index (χ1v) is 4.46. The highest BCUT2D eigenvalue weighted by Crippen LogP contribution is 2.20. The second-order valence-electron chi connectivity index (χ2n) is 3.59. The van der Waals surface area contributed by atoms with E-state index in [9.17, 15) is 0 Å². The molecule has 1 aliphatic rings. The minimum absolute atomic E-state index is 0.834. The molecule has 0 saturated heterocycles. The molecule has 1 unspecified atom stereocenters. The largest absolute Gasteiger partial charge is 0.0828 e. The van der Waals surface area contributed by atoms with Gasteiger partial charge in [0, 0.05) is 0 Å². The van der Waals surface area contributed by atoms with E-state index in [0.29, 0.717) is 0 Å². The van der Waals surface area contributed by atoms with Crippen LogP contribution in [0.3, 0.4) is 0 Å². The highest BCUT2D eigenvalue weighted by Gasteiger charge is 2.02. The Morgan fingerprint density at radius 2 is 2.10 bits per heavy atom. The van der Waals surface area contributed by atoms with E-state index in [0.717, 1.165) is 5.92 Å². The van der Waals surface area contributed by atoms with E-state index in [-0.39, 0.29) is 0 Å². The number of hydrogen-bond donors (Lipinski definition) is 0. The summed E-state index contributed by atoms with van der Waals surface area (Å²) in [7, 11) is 0. The van der Waals surface area contributed by atoms with Crippen molar-refractivity contribution in [1.29, 1.82) is 0 Å². The van der Waals surface area contributed by atoms with Crippen LogP contribution in [0, 0.1) is 5.92 Å². The van der Waals surface area contributed by atoms with Gasteiger partial charge >= 0.3 is 0 Å². The molecule has 0 heterocycles. The Bertz CT molecular complexity index is 122. The molecular weight excluding hydrogens is 120 g/mol. The normalized spacial score (nSPS) is 33.8. The summed E-state index contributed by atoms with van der Waals surface area (Å²) in [4.78, 5) is 0. The fourth-order valence-corrected chi connectivity index (χ4v) is 1.70. The van der Waals surface area contributed by atoms with Crippen molar-refractivity contribution < 1.29 is 0 Å². The number of rotatable bonds is 0. The summed E-state index contributed by atoms with van der Waals surface area (Å²) in [6, 6.07) is 0. The Balaban J connectivity index is 2.46. The molecule has 1 rings (SSSR count). The average molecular weight is 138 g/mol. The maximum Gasteiger partial charge on any atom is -0.0259 e. The monoisotopic (exact) mass is 138 g/mol.